The number of nitrogens with zero attached hydrogens (tertiary/aromatic N) is 3. The molecule has 0 unspecified atom stereocenters. The van der Waals surface area contributed by atoms with Gasteiger partial charge in [0.25, 0.3) is 0 Å². The number of benzene rings is 1. The van der Waals surface area contributed by atoms with Gasteiger partial charge in [-0.1, -0.05) is 17.7 Å². The van der Waals surface area contributed by atoms with E-state index in [4.69, 9.17) is 11.6 Å². The van der Waals surface area contributed by atoms with Crippen molar-refractivity contribution in [3.63, 3.8) is 0 Å². The van der Waals surface area contributed by atoms with Crippen LogP contribution in [0.15, 0.2) is 30.5 Å². The number of H-pyrrole nitrogens is 1. The zero-order valence-electron chi connectivity index (χ0n) is 11.8. The Morgan fingerprint density at radius 3 is 3.00 bits per heavy atom. The smallest absolute Gasteiger partial charge is 0.224 e. The second-order valence-electron chi connectivity index (χ2n) is 5.48. The summed E-state index contributed by atoms with van der Waals surface area (Å²) in [6.07, 6.45) is 4.34. The van der Waals surface area contributed by atoms with E-state index in [0.29, 0.717) is 22.6 Å². The largest absolute Gasteiger partial charge is 0.354 e. The predicted octanol–water partition coefficient (Wildman–Crippen LogP) is 3.57. The number of halogens is 1. The van der Waals surface area contributed by atoms with Gasteiger partial charge in [0.2, 0.25) is 11.9 Å². The Bertz CT molecular complexity index is 811. The summed E-state index contributed by atoms with van der Waals surface area (Å²) in [6.45, 7) is 0.934. The molecule has 6 nitrogen and oxygen atoms in total. The van der Waals surface area contributed by atoms with Crippen LogP contribution in [0.1, 0.15) is 12.8 Å². The summed E-state index contributed by atoms with van der Waals surface area (Å²) < 4.78 is 0. The number of nitrogens with one attached hydrogen (secondary N) is 3. The molecule has 2 heterocycles. The van der Waals surface area contributed by atoms with Gasteiger partial charge in [0.15, 0.2) is 5.65 Å². The third-order valence-corrected chi connectivity index (χ3v) is 3.81. The molecule has 1 aromatic carbocycles. The van der Waals surface area contributed by atoms with Gasteiger partial charge in [-0.2, -0.15) is 9.97 Å². The predicted molar refractivity (Wildman–Crippen MR) is 87.6 cm³/mol. The number of rotatable bonds is 5. The number of fused-ring (bicyclic) bond motifs is 1. The third kappa shape index (κ3) is 2.96. The normalized spacial score (nSPS) is 14.2. The first-order valence-electron chi connectivity index (χ1n) is 7.25. The number of hydrogen-bond donors (Lipinski definition) is 3. The SMILES string of the molecule is Clc1cccc(Nc2nc3nc(NCC4CC4)ncc3[nH]2)c1. The number of aromatic nitrogens is 4. The van der Waals surface area contributed by atoms with Crippen LogP contribution in [0.4, 0.5) is 17.6 Å². The van der Waals surface area contributed by atoms with Gasteiger partial charge < -0.3 is 15.6 Å². The van der Waals surface area contributed by atoms with Gasteiger partial charge >= 0.3 is 0 Å². The van der Waals surface area contributed by atoms with E-state index in [-0.39, 0.29) is 0 Å². The standard InChI is InChI=1S/C15H15ClN6/c16-10-2-1-3-11(6-10)19-15-20-12-8-18-14(21-13(12)22-15)17-7-9-4-5-9/h1-3,6,8-9H,4-5,7H2,(H3,17,18,19,20,21,22). The maximum atomic E-state index is 5.97. The lowest BCUT2D eigenvalue weighted by Crippen LogP contribution is -2.06. The molecule has 0 saturated heterocycles. The first-order valence-corrected chi connectivity index (χ1v) is 7.63. The average Bonchev–Trinajstić information content (AvgIpc) is 3.24. The van der Waals surface area contributed by atoms with Crippen molar-refractivity contribution >= 4 is 40.3 Å². The zero-order chi connectivity index (χ0) is 14.9. The molecule has 3 N–H and O–H groups in total. The van der Waals surface area contributed by atoms with Gasteiger partial charge in [0.05, 0.1) is 6.20 Å². The van der Waals surface area contributed by atoms with E-state index in [1.54, 1.807) is 6.20 Å². The van der Waals surface area contributed by atoms with Crippen LogP contribution in [-0.4, -0.2) is 26.5 Å². The van der Waals surface area contributed by atoms with Gasteiger partial charge in [0.1, 0.15) is 5.52 Å². The molecule has 7 heteroatoms. The molecule has 4 rings (SSSR count). The topological polar surface area (TPSA) is 78.5 Å². The van der Waals surface area contributed by atoms with E-state index in [1.165, 1.54) is 12.8 Å². The fraction of sp³-hybridized carbons (Fsp3) is 0.267. The summed E-state index contributed by atoms with van der Waals surface area (Å²) in [7, 11) is 0. The van der Waals surface area contributed by atoms with Crippen molar-refractivity contribution in [2.24, 2.45) is 5.92 Å². The lowest BCUT2D eigenvalue weighted by Gasteiger charge is -2.01. The molecule has 1 fully saturated rings. The molecule has 0 atom stereocenters. The van der Waals surface area contributed by atoms with Crippen molar-refractivity contribution in [2.75, 3.05) is 17.2 Å². The second kappa shape index (κ2) is 5.46. The third-order valence-electron chi connectivity index (χ3n) is 3.57. The van der Waals surface area contributed by atoms with Crippen LogP contribution in [0.3, 0.4) is 0 Å². The van der Waals surface area contributed by atoms with E-state index >= 15 is 0 Å². The molecule has 1 aliphatic rings. The maximum Gasteiger partial charge on any atom is 0.224 e. The molecule has 0 bridgehead atoms. The Morgan fingerprint density at radius 2 is 2.18 bits per heavy atom. The van der Waals surface area contributed by atoms with Crippen molar-refractivity contribution in [2.45, 2.75) is 12.8 Å². The Hall–Kier alpha value is -2.34. The summed E-state index contributed by atoms with van der Waals surface area (Å²) in [5.74, 6) is 2.02. The molecule has 112 valence electrons. The lowest BCUT2D eigenvalue weighted by molar-refractivity contribution is 0.875. The minimum absolute atomic E-state index is 0.617. The summed E-state index contributed by atoms with van der Waals surface area (Å²) in [5, 5.41) is 7.10. The Labute approximate surface area is 132 Å². The highest BCUT2D eigenvalue weighted by Gasteiger charge is 2.21. The molecule has 0 aliphatic heterocycles. The van der Waals surface area contributed by atoms with E-state index in [0.717, 1.165) is 23.7 Å². The monoisotopic (exact) mass is 314 g/mol. The van der Waals surface area contributed by atoms with Crippen LogP contribution >= 0.6 is 11.6 Å². The van der Waals surface area contributed by atoms with Crippen molar-refractivity contribution in [1.29, 1.82) is 0 Å². The Kier molecular flexibility index (Phi) is 3.31. The first-order chi connectivity index (χ1) is 10.8. The first kappa shape index (κ1) is 13.3. The van der Waals surface area contributed by atoms with Crippen LogP contribution in [0, 0.1) is 5.92 Å². The van der Waals surface area contributed by atoms with Gasteiger partial charge in [0, 0.05) is 17.3 Å². The van der Waals surface area contributed by atoms with Crippen LogP contribution in [0.2, 0.25) is 5.02 Å². The summed E-state index contributed by atoms with van der Waals surface area (Å²) >= 11 is 5.97. The van der Waals surface area contributed by atoms with Crippen molar-refractivity contribution in [3.8, 4) is 0 Å². The number of hydrogen-bond acceptors (Lipinski definition) is 5. The lowest BCUT2D eigenvalue weighted by atomic mass is 10.3. The molecule has 0 radical (unpaired) electrons. The second-order valence-corrected chi connectivity index (χ2v) is 5.91. The number of aromatic amines is 1. The quantitative estimate of drug-likeness (QED) is 0.671. The fourth-order valence-corrected chi connectivity index (χ4v) is 2.40. The van der Waals surface area contributed by atoms with Gasteiger partial charge in [-0.25, -0.2) is 4.98 Å². The number of anilines is 3. The fourth-order valence-electron chi connectivity index (χ4n) is 2.21. The van der Waals surface area contributed by atoms with Crippen molar-refractivity contribution < 1.29 is 0 Å². The number of imidazole rings is 1. The van der Waals surface area contributed by atoms with E-state index < -0.39 is 0 Å². The summed E-state index contributed by atoms with van der Waals surface area (Å²) in [6, 6.07) is 7.47. The highest BCUT2D eigenvalue weighted by molar-refractivity contribution is 6.30. The molecular formula is C15H15ClN6. The molecule has 22 heavy (non-hydrogen) atoms. The van der Waals surface area contributed by atoms with Crippen LogP contribution < -0.4 is 10.6 Å². The average molecular weight is 315 g/mol. The van der Waals surface area contributed by atoms with E-state index in [9.17, 15) is 0 Å². The summed E-state index contributed by atoms with van der Waals surface area (Å²) in [5.41, 5.74) is 2.30. The van der Waals surface area contributed by atoms with E-state index in [1.807, 2.05) is 24.3 Å². The molecule has 1 saturated carbocycles. The van der Waals surface area contributed by atoms with Gasteiger partial charge in [-0.05, 0) is 37.0 Å². The molecule has 2 aromatic heterocycles. The van der Waals surface area contributed by atoms with Gasteiger partial charge in [-0.3, -0.25) is 0 Å². The minimum atomic E-state index is 0.617. The highest BCUT2D eigenvalue weighted by atomic mass is 35.5. The highest BCUT2D eigenvalue weighted by Crippen LogP contribution is 2.28. The van der Waals surface area contributed by atoms with Crippen molar-refractivity contribution in [3.05, 3.63) is 35.5 Å². The minimum Gasteiger partial charge on any atom is -0.354 e. The van der Waals surface area contributed by atoms with Crippen molar-refractivity contribution in [1.82, 2.24) is 19.9 Å². The van der Waals surface area contributed by atoms with Crippen LogP contribution in [0.5, 0.6) is 0 Å². The van der Waals surface area contributed by atoms with Crippen LogP contribution in [0.25, 0.3) is 11.2 Å². The molecule has 1 aliphatic carbocycles. The summed E-state index contributed by atoms with van der Waals surface area (Å²) in [4.78, 5) is 16.3. The zero-order valence-corrected chi connectivity index (χ0v) is 12.6. The van der Waals surface area contributed by atoms with Gasteiger partial charge in [-0.15, -0.1) is 0 Å². The van der Waals surface area contributed by atoms with E-state index in [2.05, 4.69) is 30.6 Å². The molecular weight excluding hydrogens is 300 g/mol. The Morgan fingerprint density at radius 1 is 1.27 bits per heavy atom. The molecule has 0 spiro atoms. The molecule has 0 amide bonds. The molecule has 3 aromatic rings. The maximum absolute atomic E-state index is 5.97. The Balaban J connectivity index is 1.54. The van der Waals surface area contributed by atoms with Crippen LogP contribution in [-0.2, 0) is 0 Å².